The first-order valence-electron chi connectivity index (χ1n) is 4.93. The van der Waals surface area contributed by atoms with Crippen molar-refractivity contribution in [3.05, 3.63) is 24.0 Å². The molecule has 4 heteroatoms. The van der Waals surface area contributed by atoms with Crippen molar-refractivity contribution in [3.8, 4) is 5.75 Å². The predicted molar refractivity (Wildman–Crippen MR) is 59.9 cm³/mol. The summed E-state index contributed by atoms with van der Waals surface area (Å²) in [5.74, 6) is 0.418. The van der Waals surface area contributed by atoms with Gasteiger partial charge in [0.25, 0.3) is 0 Å². The summed E-state index contributed by atoms with van der Waals surface area (Å²) in [7, 11) is 3.47. The molecule has 0 aliphatic rings. The third-order valence-electron chi connectivity index (χ3n) is 2.25. The van der Waals surface area contributed by atoms with Crippen LogP contribution < -0.4 is 15.4 Å². The van der Waals surface area contributed by atoms with Crippen molar-refractivity contribution in [2.24, 2.45) is 5.73 Å². The Bertz CT molecular complexity index is 317. The van der Waals surface area contributed by atoms with Gasteiger partial charge in [-0.25, -0.2) is 4.39 Å². The van der Waals surface area contributed by atoms with E-state index in [0.717, 1.165) is 18.7 Å². The summed E-state index contributed by atoms with van der Waals surface area (Å²) >= 11 is 0. The Hall–Kier alpha value is -1.29. The monoisotopic (exact) mass is 212 g/mol. The van der Waals surface area contributed by atoms with Crippen LogP contribution in [0.5, 0.6) is 5.75 Å². The van der Waals surface area contributed by atoms with Crippen molar-refractivity contribution in [1.29, 1.82) is 0 Å². The molecule has 84 valence electrons. The molecule has 1 rings (SSSR count). The normalized spacial score (nSPS) is 10.1. The Morgan fingerprint density at radius 1 is 1.47 bits per heavy atom. The smallest absolute Gasteiger partial charge is 0.142 e. The van der Waals surface area contributed by atoms with Crippen LogP contribution in [-0.2, 0) is 0 Å². The molecule has 0 saturated carbocycles. The van der Waals surface area contributed by atoms with Crippen molar-refractivity contribution in [2.45, 2.75) is 6.42 Å². The second-order valence-electron chi connectivity index (χ2n) is 3.38. The maximum Gasteiger partial charge on any atom is 0.142 e. The molecule has 0 amide bonds. The van der Waals surface area contributed by atoms with E-state index >= 15 is 0 Å². The lowest BCUT2D eigenvalue weighted by Crippen LogP contribution is -2.21. The van der Waals surface area contributed by atoms with E-state index in [2.05, 4.69) is 0 Å². The molecular weight excluding hydrogens is 195 g/mol. The average molecular weight is 212 g/mol. The highest BCUT2D eigenvalue weighted by molar-refractivity contribution is 5.58. The molecule has 0 spiro atoms. The molecule has 0 atom stereocenters. The highest BCUT2D eigenvalue weighted by Crippen LogP contribution is 2.27. The van der Waals surface area contributed by atoms with Gasteiger partial charge in [-0.1, -0.05) is 0 Å². The standard InChI is InChI=1S/C11H17FN2O/c1-14(7-3-6-13)10-8-9(12)4-5-11(10)15-2/h4-5,8H,3,6-7,13H2,1-2H3. The summed E-state index contributed by atoms with van der Waals surface area (Å²) in [5.41, 5.74) is 6.18. The molecule has 2 N–H and O–H groups in total. The Morgan fingerprint density at radius 3 is 2.80 bits per heavy atom. The number of rotatable bonds is 5. The van der Waals surface area contributed by atoms with Crippen LogP contribution in [0.4, 0.5) is 10.1 Å². The van der Waals surface area contributed by atoms with Gasteiger partial charge in [0.05, 0.1) is 12.8 Å². The van der Waals surface area contributed by atoms with Crippen molar-refractivity contribution >= 4 is 5.69 Å². The Balaban J connectivity index is 2.85. The highest BCUT2D eigenvalue weighted by Gasteiger charge is 2.08. The molecule has 0 saturated heterocycles. The van der Waals surface area contributed by atoms with Crippen LogP contribution in [0.1, 0.15) is 6.42 Å². The van der Waals surface area contributed by atoms with Gasteiger partial charge in [0.1, 0.15) is 11.6 Å². The van der Waals surface area contributed by atoms with Gasteiger partial charge in [-0.2, -0.15) is 0 Å². The topological polar surface area (TPSA) is 38.5 Å². The van der Waals surface area contributed by atoms with Gasteiger partial charge < -0.3 is 15.4 Å². The van der Waals surface area contributed by atoms with E-state index in [0.29, 0.717) is 12.3 Å². The number of nitrogens with two attached hydrogens (primary N) is 1. The second-order valence-corrected chi connectivity index (χ2v) is 3.38. The van der Waals surface area contributed by atoms with Crippen molar-refractivity contribution in [3.63, 3.8) is 0 Å². The number of hydrogen-bond donors (Lipinski definition) is 1. The van der Waals surface area contributed by atoms with Crippen LogP contribution in [0.2, 0.25) is 0 Å². The molecule has 0 bridgehead atoms. The zero-order valence-corrected chi connectivity index (χ0v) is 9.16. The highest BCUT2D eigenvalue weighted by atomic mass is 19.1. The zero-order chi connectivity index (χ0) is 11.3. The summed E-state index contributed by atoms with van der Waals surface area (Å²) in [6.45, 7) is 1.41. The molecule has 0 aliphatic carbocycles. The Labute approximate surface area is 89.6 Å². The van der Waals surface area contributed by atoms with E-state index in [1.54, 1.807) is 13.2 Å². The SMILES string of the molecule is COc1ccc(F)cc1N(C)CCCN. The van der Waals surface area contributed by atoms with Crippen molar-refractivity contribution in [1.82, 2.24) is 0 Å². The molecule has 0 aliphatic heterocycles. The molecule has 15 heavy (non-hydrogen) atoms. The van der Waals surface area contributed by atoms with Gasteiger partial charge in [-0.15, -0.1) is 0 Å². The molecule has 0 fully saturated rings. The minimum absolute atomic E-state index is 0.259. The fourth-order valence-electron chi connectivity index (χ4n) is 1.41. The molecule has 0 aromatic heterocycles. The Morgan fingerprint density at radius 2 is 2.20 bits per heavy atom. The summed E-state index contributed by atoms with van der Waals surface area (Å²) in [6.07, 6.45) is 0.871. The molecule has 0 heterocycles. The van der Waals surface area contributed by atoms with E-state index in [1.165, 1.54) is 12.1 Å². The van der Waals surface area contributed by atoms with Gasteiger partial charge in [-0.05, 0) is 25.1 Å². The fourth-order valence-corrected chi connectivity index (χ4v) is 1.41. The van der Waals surface area contributed by atoms with E-state index in [9.17, 15) is 4.39 Å². The number of halogens is 1. The van der Waals surface area contributed by atoms with Crippen LogP contribution >= 0.6 is 0 Å². The number of anilines is 1. The number of nitrogens with zero attached hydrogens (tertiary/aromatic N) is 1. The van der Waals surface area contributed by atoms with Crippen molar-refractivity contribution < 1.29 is 9.13 Å². The lowest BCUT2D eigenvalue weighted by Gasteiger charge is -2.21. The zero-order valence-electron chi connectivity index (χ0n) is 9.16. The van der Waals surface area contributed by atoms with Crippen LogP contribution in [0.3, 0.4) is 0 Å². The van der Waals surface area contributed by atoms with Crippen LogP contribution in [0.25, 0.3) is 0 Å². The first kappa shape index (κ1) is 11.8. The Kier molecular flexibility index (Phi) is 4.37. The maximum atomic E-state index is 13.1. The van der Waals surface area contributed by atoms with E-state index in [1.807, 2.05) is 11.9 Å². The number of hydrogen-bond acceptors (Lipinski definition) is 3. The minimum atomic E-state index is -0.259. The van der Waals surface area contributed by atoms with Gasteiger partial charge in [-0.3, -0.25) is 0 Å². The summed E-state index contributed by atoms with van der Waals surface area (Å²) < 4.78 is 18.2. The second kappa shape index (κ2) is 5.56. The van der Waals surface area contributed by atoms with Crippen LogP contribution in [-0.4, -0.2) is 27.2 Å². The first-order valence-corrected chi connectivity index (χ1v) is 4.93. The summed E-state index contributed by atoms with van der Waals surface area (Å²) in [6, 6.07) is 4.48. The van der Waals surface area contributed by atoms with Gasteiger partial charge in [0, 0.05) is 19.7 Å². The maximum absolute atomic E-state index is 13.1. The third-order valence-corrected chi connectivity index (χ3v) is 2.25. The molecular formula is C11H17FN2O. The molecule has 0 radical (unpaired) electrons. The van der Waals surface area contributed by atoms with E-state index < -0.39 is 0 Å². The third kappa shape index (κ3) is 3.09. The molecule has 1 aromatic rings. The molecule has 1 aromatic carbocycles. The minimum Gasteiger partial charge on any atom is -0.495 e. The van der Waals surface area contributed by atoms with Crippen LogP contribution in [0, 0.1) is 5.82 Å². The molecule has 3 nitrogen and oxygen atoms in total. The quantitative estimate of drug-likeness (QED) is 0.806. The van der Waals surface area contributed by atoms with Crippen LogP contribution in [0.15, 0.2) is 18.2 Å². The molecule has 0 unspecified atom stereocenters. The predicted octanol–water partition coefficient (Wildman–Crippen LogP) is 1.62. The van der Waals surface area contributed by atoms with Gasteiger partial charge in [0.2, 0.25) is 0 Å². The summed E-state index contributed by atoms with van der Waals surface area (Å²) in [4.78, 5) is 1.94. The average Bonchev–Trinajstić information content (AvgIpc) is 2.25. The van der Waals surface area contributed by atoms with E-state index in [4.69, 9.17) is 10.5 Å². The summed E-state index contributed by atoms with van der Waals surface area (Å²) in [5, 5.41) is 0. The van der Waals surface area contributed by atoms with Gasteiger partial charge >= 0.3 is 0 Å². The largest absolute Gasteiger partial charge is 0.495 e. The number of methoxy groups -OCH3 is 1. The lowest BCUT2D eigenvalue weighted by atomic mass is 10.2. The number of benzene rings is 1. The van der Waals surface area contributed by atoms with Crippen molar-refractivity contribution in [2.75, 3.05) is 32.1 Å². The fraction of sp³-hybridized carbons (Fsp3) is 0.455. The van der Waals surface area contributed by atoms with Gasteiger partial charge in [0.15, 0.2) is 0 Å². The van der Waals surface area contributed by atoms with E-state index in [-0.39, 0.29) is 5.82 Å². The first-order chi connectivity index (χ1) is 7.19. The number of ether oxygens (including phenoxy) is 1. The lowest BCUT2D eigenvalue weighted by molar-refractivity contribution is 0.413.